The Morgan fingerprint density at radius 1 is 1.25 bits per heavy atom. The minimum absolute atomic E-state index is 0.00348. The van der Waals surface area contributed by atoms with Crippen molar-refractivity contribution < 1.29 is 32.5 Å². The first-order chi connectivity index (χ1) is 17.1. The molecule has 0 radical (unpaired) electrons. The SMILES string of the molecule is NC(CC(=O)O)C1OC1Nc1ccc(OCCC2=CCC(c3ccccc3)C=C2)c(C(F)(F)F)c1Cl. The summed E-state index contributed by atoms with van der Waals surface area (Å²) in [6.07, 6.45) is 0.982. The molecule has 1 aliphatic carbocycles. The molecule has 1 saturated heterocycles. The number of epoxide rings is 1. The van der Waals surface area contributed by atoms with E-state index in [1.807, 2.05) is 24.3 Å². The Morgan fingerprint density at radius 2 is 2.00 bits per heavy atom. The fraction of sp³-hybridized carbons (Fsp3) is 0.346. The summed E-state index contributed by atoms with van der Waals surface area (Å²) in [6, 6.07) is 11.9. The Balaban J connectivity index is 1.37. The highest BCUT2D eigenvalue weighted by Crippen LogP contribution is 2.45. The summed E-state index contributed by atoms with van der Waals surface area (Å²) >= 11 is 6.12. The summed E-state index contributed by atoms with van der Waals surface area (Å²) in [4.78, 5) is 10.8. The lowest BCUT2D eigenvalue weighted by Crippen LogP contribution is -2.32. The van der Waals surface area contributed by atoms with Crippen molar-refractivity contribution in [1.82, 2.24) is 0 Å². The predicted molar refractivity (Wildman–Crippen MR) is 130 cm³/mol. The van der Waals surface area contributed by atoms with Crippen LogP contribution in [0.15, 0.2) is 66.3 Å². The van der Waals surface area contributed by atoms with Gasteiger partial charge in [0.1, 0.15) is 17.4 Å². The number of hydrogen-bond acceptors (Lipinski definition) is 5. The van der Waals surface area contributed by atoms with Crippen molar-refractivity contribution in [3.63, 3.8) is 0 Å². The molecule has 0 aromatic heterocycles. The summed E-state index contributed by atoms with van der Waals surface area (Å²) in [5, 5.41) is 11.0. The highest BCUT2D eigenvalue weighted by molar-refractivity contribution is 6.34. The second-order valence-electron chi connectivity index (χ2n) is 8.71. The molecule has 1 aliphatic heterocycles. The average molecular weight is 523 g/mol. The molecule has 1 fully saturated rings. The molecule has 4 unspecified atom stereocenters. The number of carboxylic acid groups (broad SMARTS) is 1. The largest absolute Gasteiger partial charge is 0.493 e. The van der Waals surface area contributed by atoms with Crippen molar-refractivity contribution in [3.8, 4) is 5.75 Å². The van der Waals surface area contributed by atoms with E-state index >= 15 is 0 Å². The minimum atomic E-state index is -4.75. The normalized spacial score (nSPS) is 22.0. The highest BCUT2D eigenvalue weighted by atomic mass is 35.5. The Bertz CT molecular complexity index is 1150. The van der Waals surface area contributed by atoms with Gasteiger partial charge in [-0.3, -0.25) is 4.79 Å². The molecule has 1 heterocycles. The van der Waals surface area contributed by atoms with Crippen LogP contribution in [0.1, 0.15) is 36.3 Å². The number of benzene rings is 2. The molecule has 2 aliphatic rings. The summed E-state index contributed by atoms with van der Waals surface area (Å²) < 4.78 is 52.3. The zero-order valence-electron chi connectivity index (χ0n) is 19.2. The molecule has 0 bridgehead atoms. The van der Waals surface area contributed by atoms with Crippen LogP contribution in [0.2, 0.25) is 5.02 Å². The number of nitrogens with two attached hydrogens (primary N) is 1. The maximum Gasteiger partial charge on any atom is 0.421 e. The molecular weight excluding hydrogens is 497 g/mol. The molecule has 2 aromatic carbocycles. The second kappa shape index (κ2) is 10.9. The first-order valence-corrected chi connectivity index (χ1v) is 11.9. The van der Waals surface area contributed by atoms with Gasteiger partial charge < -0.3 is 25.6 Å². The highest BCUT2D eigenvalue weighted by Gasteiger charge is 2.45. The smallest absolute Gasteiger partial charge is 0.421 e. The number of hydrogen-bond donors (Lipinski definition) is 3. The van der Waals surface area contributed by atoms with Gasteiger partial charge in [0.25, 0.3) is 0 Å². The molecule has 10 heteroatoms. The molecule has 0 spiro atoms. The summed E-state index contributed by atoms with van der Waals surface area (Å²) in [5.41, 5.74) is 6.87. The Labute approximate surface area is 211 Å². The summed E-state index contributed by atoms with van der Waals surface area (Å²) in [5.74, 6) is -1.18. The van der Waals surface area contributed by atoms with Crippen LogP contribution in [0.25, 0.3) is 0 Å². The number of aliphatic carboxylic acids is 1. The zero-order valence-corrected chi connectivity index (χ0v) is 19.9. The number of carboxylic acids is 1. The van der Waals surface area contributed by atoms with Crippen LogP contribution in [-0.4, -0.2) is 36.1 Å². The van der Waals surface area contributed by atoms with Crippen molar-refractivity contribution in [2.24, 2.45) is 5.73 Å². The number of anilines is 1. The molecule has 0 amide bonds. The van der Waals surface area contributed by atoms with E-state index in [-0.39, 0.29) is 30.4 Å². The Morgan fingerprint density at radius 3 is 2.64 bits per heavy atom. The third-order valence-electron chi connectivity index (χ3n) is 6.10. The number of ether oxygens (including phenoxy) is 2. The van der Waals surface area contributed by atoms with Crippen LogP contribution in [0, 0.1) is 0 Å². The van der Waals surface area contributed by atoms with Crippen molar-refractivity contribution in [2.75, 3.05) is 11.9 Å². The van der Waals surface area contributed by atoms with E-state index in [4.69, 9.17) is 31.9 Å². The van der Waals surface area contributed by atoms with Crippen molar-refractivity contribution >= 4 is 23.3 Å². The molecule has 4 atom stereocenters. The van der Waals surface area contributed by atoms with Crippen LogP contribution >= 0.6 is 11.6 Å². The molecule has 0 saturated carbocycles. The van der Waals surface area contributed by atoms with Gasteiger partial charge in [0, 0.05) is 18.4 Å². The molecule has 36 heavy (non-hydrogen) atoms. The molecule has 6 nitrogen and oxygen atoms in total. The van der Waals surface area contributed by atoms with E-state index in [1.165, 1.54) is 17.7 Å². The van der Waals surface area contributed by atoms with Gasteiger partial charge in [0.05, 0.1) is 23.7 Å². The first kappa shape index (κ1) is 26.1. The minimum Gasteiger partial charge on any atom is -0.493 e. The van der Waals surface area contributed by atoms with E-state index in [1.54, 1.807) is 0 Å². The van der Waals surface area contributed by atoms with Crippen LogP contribution in [0.5, 0.6) is 5.75 Å². The topological polar surface area (TPSA) is 97.1 Å². The monoisotopic (exact) mass is 522 g/mol. The number of nitrogens with one attached hydrogen (secondary N) is 1. The maximum absolute atomic E-state index is 13.8. The first-order valence-electron chi connectivity index (χ1n) is 11.5. The van der Waals surface area contributed by atoms with Crippen molar-refractivity contribution in [2.45, 2.75) is 49.7 Å². The van der Waals surface area contributed by atoms with Crippen LogP contribution in [-0.2, 0) is 15.7 Å². The molecule has 4 rings (SSSR count). The van der Waals surface area contributed by atoms with Gasteiger partial charge in [-0.25, -0.2) is 0 Å². The quantitative estimate of drug-likeness (QED) is 0.344. The van der Waals surface area contributed by atoms with Crippen LogP contribution in [0.3, 0.4) is 0 Å². The van der Waals surface area contributed by atoms with Gasteiger partial charge in [-0.15, -0.1) is 0 Å². The van der Waals surface area contributed by atoms with E-state index in [0.29, 0.717) is 6.42 Å². The van der Waals surface area contributed by atoms with Crippen LogP contribution < -0.4 is 15.8 Å². The Kier molecular flexibility index (Phi) is 7.92. The molecule has 4 N–H and O–H groups in total. The lowest BCUT2D eigenvalue weighted by atomic mass is 9.89. The van der Waals surface area contributed by atoms with Crippen LogP contribution in [0.4, 0.5) is 18.9 Å². The summed E-state index contributed by atoms with van der Waals surface area (Å²) in [7, 11) is 0. The van der Waals surface area contributed by atoms with E-state index in [0.717, 1.165) is 12.0 Å². The lowest BCUT2D eigenvalue weighted by molar-refractivity contribution is -0.139. The number of allylic oxidation sites excluding steroid dienone is 3. The van der Waals surface area contributed by atoms with E-state index < -0.39 is 41.1 Å². The standard InChI is InChI=1S/C26H26ClF3N2O4/c27-23-19(32-25-24(36-25)18(31)14-21(33)34)10-11-20(22(23)26(28,29)30)35-13-12-15-6-8-17(9-7-15)16-4-2-1-3-5-16/h1-8,10-11,17-18,24-25,32H,9,12-14,31H2,(H,33,34). The van der Waals surface area contributed by atoms with Gasteiger partial charge >= 0.3 is 12.1 Å². The molecular formula is C26H26ClF3N2O4. The number of halogens is 4. The number of rotatable bonds is 10. The van der Waals surface area contributed by atoms with Gasteiger partial charge in [0.2, 0.25) is 0 Å². The van der Waals surface area contributed by atoms with Gasteiger partial charge in [-0.05, 0) is 29.7 Å². The third kappa shape index (κ3) is 6.40. The van der Waals surface area contributed by atoms with E-state index in [9.17, 15) is 18.0 Å². The maximum atomic E-state index is 13.8. The number of carbonyl (C=O) groups is 1. The molecule has 2 aromatic rings. The van der Waals surface area contributed by atoms with E-state index in [2.05, 4.69) is 29.6 Å². The number of alkyl halides is 3. The lowest BCUT2D eigenvalue weighted by Gasteiger charge is -2.19. The average Bonchev–Trinajstić information content (AvgIpc) is 3.60. The van der Waals surface area contributed by atoms with Gasteiger partial charge in [-0.1, -0.05) is 60.2 Å². The van der Waals surface area contributed by atoms with Gasteiger partial charge in [0.15, 0.2) is 6.23 Å². The second-order valence-corrected chi connectivity index (χ2v) is 9.09. The predicted octanol–water partition coefficient (Wildman–Crippen LogP) is 5.74. The third-order valence-corrected chi connectivity index (χ3v) is 6.49. The zero-order chi connectivity index (χ0) is 25.9. The van der Waals surface area contributed by atoms with Crippen molar-refractivity contribution in [3.05, 3.63) is 82.4 Å². The molecule has 192 valence electrons. The van der Waals surface area contributed by atoms with Gasteiger partial charge in [-0.2, -0.15) is 13.2 Å². The van der Waals surface area contributed by atoms with Crippen molar-refractivity contribution in [1.29, 1.82) is 0 Å². The fourth-order valence-corrected chi connectivity index (χ4v) is 4.48. The summed E-state index contributed by atoms with van der Waals surface area (Å²) in [6.45, 7) is 0.0518. The Hall–Kier alpha value is -3.01. The fourth-order valence-electron chi connectivity index (χ4n) is 4.17.